The maximum atomic E-state index is 14.1. The van der Waals surface area contributed by atoms with Gasteiger partial charge < -0.3 is 10.2 Å². The number of halogens is 2. The van der Waals surface area contributed by atoms with Crippen molar-refractivity contribution in [3.8, 4) is 0 Å². The minimum atomic E-state index is -3.84. The number of para-hydroxylation sites is 1. The number of benzene rings is 3. The molecule has 0 aromatic heterocycles. The van der Waals surface area contributed by atoms with Gasteiger partial charge in [-0.2, -0.15) is 0 Å². The molecule has 2 amide bonds. The first kappa shape index (κ1) is 30.5. The molecule has 0 radical (unpaired) electrons. The van der Waals surface area contributed by atoms with Crippen LogP contribution >= 0.6 is 23.2 Å². The number of nitrogens with one attached hydrogen (secondary N) is 1. The van der Waals surface area contributed by atoms with Crippen LogP contribution in [0.15, 0.2) is 78.9 Å². The summed E-state index contributed by atoms with van der Waals surface area (Å²) in [6.45, 7) is 4.94. The van der Waals surface area contributed by atoms with Crippen molar-refractivity contribution in [2.24, 2.45) is 0 Å². The van der Waals surface area contributed by atoms with Gasteiger partial charge in [0.05, 0.1) is 11.9 Å². The Balaban J connectivity index is 2.11. The van der Waals surface area contributed by atoms with Gasteiger partial charge in [0.15, 0.2) is 0 Å². The zero-order chi connectivity index (χ0) is 28.8. The van der Waals surface area contributed by atoms with Crippen molar-refractivity contribution in [1.82, 2.24) is 10.2 Å². The molecule has 10 heteroatoms. The van der Waals surface area contributed by atoms with Gasteiger partial charge in [-0.25, -0.2) is 8.42 Å². The number of carbonyl (C=O) groups excluding carboxylic acids is 2. The number of sulfonamides is 1. The van der Waals surface area contributed by atoms with Crippen LogP contribution in [-0.4, -0.2) is 49.5 Å². The second kappa shape index (κ2) is 12.9. The monoisotopic (exact) mass is 589 g/mol. The number of hydrogen-bond donors (Lipinski definition) is 1. The van der Waals surface area contributed by atoms with Gasteiger partial charge >= 0.3 is 0 Å². The highest BCUT2D eigenvalue weighted by Gasteiger charge is 2.35. The van der Waals surface area contributed by atoms with Gasteiger partial charge in [0.2, 0.25) is 21.8 Å². The summed E-state index contributed by atoms with van der Waals surface area (Å²) in [7, 11) is -3.84. The maximum absolute atomic E-state index is 14.1. The second-order valence-corrected chi connectivity index (χ2v) is 13.0. The molecule has 3 aromatic rings. The van der Waals surface area contributed by atoms with Crippen LogP contribution in [0.3, 0.4) is 0 Å². The van der Waals surface area contributed by atoms with E-state index in [-0.39, 0.29) is 18.9 Å². The lowest BCUT2D eigenvalue weighted by molar-refractivity contribution is -0.140. The van der Waals surface area contributed by atoms with Crippen molar-refractivity contribution in [1.29, 1.82) is 0 Å². The SMILES string of the molecule is CC(C)(C)NC(=O)C(Cc1ccccc1)N(Cc1c(Cl)cccc1Cl)C(=O)CN(c1ccccc1)S(C)(=O)=O. The first-order valence-electron chi connectivity index (χ1n) is 12.4. The van der Waals surface area contributed by atoms with Crippen molar-refractivity contribution in [2.75, 3.05) is 17.1 Å². The average Bonchev–Trinajstić information content (AvgIpc) is 2.85. The Morgan fingerprint density at radius 1 is 0.872 bits per heavy atom. The van der Waals surface area contributed by atoms with Crippen LogP contribution < -0.4 is 9.62 Å². The van der Waals surface area contributed by atoms with Crippen LogP contribution in [0.4, 0.5) is 5.69 Å². The highest BCUT2D eigenvalue weighted by Crippen LogP contribution is 2.28. The van der Waals surface area contributed by atoms with E-state index in [0.717, 1.165) is 16.1 Å². The molecule has 7 nitrogen and oxygen atoms in total. The summed E-state index contributed by atoms with van der Waals surface area (Å²) in [5, 5.41) is 3.64. The van der Waals surface area contributed by atoms with E-state index in [2.05, 4.69) is 5.32 Å². The lowest BCUT2D eigenvalue weighted by Crippen LogP contribution is -2.56. The Morgan fingerprint density at radius 2 is 1.41 bits per heavy atom. The molecule has 3 aromatic carbocycles. The Labute approximate surface area is 240 Å². The van der Waals surface area contributed by atoms with Crippen LogP contribution in [0.25, 0.3) is 0 Å². The number of rotatable bonds is 10. The number of carbonyl (C=O) groups is 2. The summed E-state index contributed by atoms with van der Waals surface area (Å²) in [5.74, 6) is -0.959. The lowest BCUT2D eigenvalue weighted by atomic mass is 10.0. The van der Waals surface area contributed by atoms with Crippen LogP contribution in [0.5, 0.6) is 0 Å². The molecule has 0 fully saturated rings. The molecule has 39 heavy (non-hydrogen) atoms. The fourth-order valence-electron chi connectivity index (χ4n) is 4.07. The molecule has 0 saturated heterocycles. The van der Waals surface area contributed by atoms with E-state index in [0.29, 0.717) is 21.3 Å². The van der Waals surface area contributed by atoms with Gasteiger partial charge in [-0.1, -0.05) is 77.8 Å². The highest BCUT2D eigenvalue weighted by molar-refractivity contribution is 7.92. The quantitative estimate of drug-likeness (QED) is 0.347. The number of hydrogen-bond acceptors (Lipinski definition) is 4. The molecule has 0 bridgehead atoms. The van der Waals surface area contributed by atoms with E-state index in [1.54, 1.807) is 48.5 Å². The van der Waals surface area contributed by atoms with Crippen LogP contribution in [0.2, 0.25) is 10.0 Å². The Kier molecular flexibility index (Phi) is 10.0. The average molecular weight is 591 g/mol. The Bertz CT molecular complexity index is 1370. The summed E-state index contributed by atoms with van der Waals surface area (Å²) in [6.07, 6.45) is 1.23. The smallest absolute Gasteiger partial charge is 0.244 e. The third-order valence-electron chi connectivity index (χ3n) is 5.88. The van der Waals surface area contributed by atoms with E-state index >= 15 is 0 Å². The first-order chi connectivity index (χ1) is 18.3. The molecule has 0 aliphatic rings. The van der Waals surface area contributed by atoms with Crippen molar-refractivity contribution in [3.63, 3.8) is 0 Å². The normalized spacial score (nSPS) is 12.5. The van der Waals surface area contributed by atoms with E-state index in [1.807, 2.05) is 51.1 Å². The molecule has 208 valence electrons. The predicted molar refractivity (Wildman–Crippen MR) is 157 cm³/mol. The fourth-order valence-corrected chi connectivity index (χ4v) is 5.44. The fraction of sp³-hybridized carbons (Fsp3) is 0.310. The van der Waals surface area contributed by atoms with Crippen molar-refractivity contribution in [2.45, 2.75) is 45.3 Å². The number of anilines is 1. The summed E-state index contributed by atoms with van der Waals surface area (Å²) < 4.78 is 26.6. The zero-order valence-corrected chi connectivity index (χ0v) is 24.7. The van der Waals surface area contributed by atoms with Crippen LogP contribution in [0, 0.1) is 0 Å². The van der Waals surface area contributed by atoms with Crippen molar-refractivity contribution in [3.05, 3.63) is 100 Å². The third kappa shape index (κ3) is 8.71. The zero-order valence-electron chi connectivity index (χ0n) is 22.4. The summed E-state index contributed by atoms with van der Waals surface area (Å²) in [5.41, 5.74) is 1.05. The topological polar surface area (TPSA) is 86.8 Å². The maximum Gasteiger partial charge on any atom is 0.244 e. The van der Waals surface area contributed by atoms with Gasteiger partial charge in [0.25, 0.3) is 0 Å². The number of amides is 2. The molecule has 1 N–H and O–H groups in total. The molecule has 0 heterocycles. The summed E-state index contributed by atoms with van der Waals surface area (Å²) in [4.78, 5) is 29.1. The minimum absolute atomic E-state index is 0.0984. The van der Waals surface area contributed by atoms with Gasteiger partial charge in [-0.15, -0.1) is 0 Å². The van der Waals surface area contributed by atoms with E-state index < -0.39 is 34.1 Å². The molecule has 0 saturated carbocycles. The Hall–Kier alpha value is -3.07. The van der Waals surface area contributed by atoms with Crippen LogP contribution in [0.1, 0.15) is 31.9 Å². The van der Waals surface area contributed by atoms with E-state index in [9.17, 15) is 18.0 Å². The molecule has 1 unspecified atom stereocenters. The van der Waals surface area contributed by atoms with Gasteiger partial charge in [-0.05, 0) is 50.6 Å². The molecule has 1 atom stereocenters. The first-order valence-corrected chi connectivity index (χ1v) is 15.0. The largest absolute Gasteiger partial charge is 0.350 e. The van der Waals surface area contributed by atoms with Gasteiger partial charge in [-0.3, -0.25) is 13.9 Å². The summed E-state index contributed by atoms with van der Waals surface area (Å²) >= 11 is 12.9. The minimum Gasteiger partial charge on any atom is -0.350 e. The molecular formula is C29H33Cl2N3O4S. The molecule has 0 aliphatic heterocycles. The summed E-state index contributed by atoms with van der Waals surface area (Å²) in [6, 6.07) is 21.7. The van der Waals surface area contributed by atoms with E-state index in [1.165, 1.54) is 4.90 Å². The Morgan fingerprint density at radius 3 is 1.92 bits per heavy atom. The predicted octanol–water partition coefficient (Wildman–Crippen LogP) is 5.31. The van der Waals surface area contributed by atoms with Crippen LogP contribution in [-0.2, 0) is 32.6 Å². The van der Waals surface area contributed by atoms with Gasteiger partial charge in [0, 0.05) is 34.1 Å². The molecule has 0 spiro atoms. The highest BCUT2D eigenvalue weighted by atomic mass is 35.5. The van der Waals surface area contributed by atoms with Crippen molar-refractivity contribution >= 4 is 50.7 Å². The molecule has 0 aliphatic carbocycles. The third-order valence-corrected chi connectivity index (χ3v) is 7.73. The standard InChI is InChI=1S/C29H33Cl2N3O4S/c1-29(2,3)32-28(36)26(18-21-12-7-5-8-13-21)33(19-23-24(30)16-11-17-25(23)31)27(35)20-34(39(4,37)38)22-14-9-6-10-15-22/h5-17,26H,18-20H2,1-4H3,(H,32,36). The van der Waals surface area contributed by atoms with E-state index in [4.69, 9.17) is 23.2 Å². The van der Waals surface area contributed by atoms with Gasteiger partial charge in [0.1, 0.15) is 12.6 Å². The molecule has 3 rings (SSSR count). The van der Waals surface area contributed by atoms with Crippen molar-refractivity contribution < 1.29 is 18.0 Å². The molecular weight excluding hydrogens is 557 g/mol. The lowest BCUT2D eigenvalue weighted by Gasteiger charge is -2.35. The second-order valence-electron chi connectivity index (χ2n) is 10.3. The number of nitrogens with zero attached hydrogens (tertiary/aromatic N) is 2.